The number of nitrogens with zero attached hydrogens (tertiary/aromatic N) is 3. The normalized spacial score (nSPS) is 11.9. The summed E-state index contributed by atoms with van der Waals surface area (Å²) in [6, 6.07) is 11.1. The summed E-state index contributed by atoms with van der Waals surface area (Å²) >= 11 is 7.09. The Morgan fingerprint density at radius 2 is 2.03 bits per heavy atom. The maximum Gasteiger partial charge on any atom is 0.237 e. The number of aromatic nitrogens is 3. The zero-order valence-corrected chi connectivity index (χ0v) is 17.3. The molecule has 1 atom stereocenters. The van der Waals surface area contributed by atoms with E-state index in [0.717, 1.165) is 29.1 Å². The van der Waals surface area contributed by atoms with Gasteiger partial charge in [-0.15, -0.1) is 10.2 Å². The van der Waals surface area contributed by atoms with Gasteiger partial charge < -0.3 is 15.9 Å². The number of carbonyl (C=O) groups excluding carboxylic acids is 1. The third kappa shape index (κ3) is 4.99. The fourth-order valence-corrected chi connectivity index (χ4v) is 3.44. The van der Waals surface area contributed by atoms with E-state index in [2.05, 4.69) is 15.5 Å². The summed E-state index contributed by atoms with van der Waals surface area (Å²) in [5, 5.41) is 10.8. The molecule has 10 heteroatoms. The lowest BCUT2D eigenvalue weighted by Gasteiger charge is -2.12. The van der Waals surface area contributed by atoms with Gasteiger partial charge in [0.2, 0.25) is 11.1 Å². The largest absolute Gasteiger partial charge is 0.494 e. The van der Waals surface area contributed by atoms with Crippen molar-refractivity contribution in [2.24, 2.45) is 0 Å². The smallest absolute Gasteiger partial charge is 0.237 e. The van der Waals surface area contributed by atoms with E-state index < -0.39 is 11.1 Å². The first-order valence-corrected chi connectivity index (χ1v) is 10.0. The van der Waals surface area contributed by atoms with Gasteiger partial charge in [0, 0.05) is 5.56 Å². The molecule has 0 saturated heterocycles. The zero-order chi connectivity index (χ0) is 21.0. The Morgan fingerprint density at radius 1 is 1.31 bits per heavy atom. The highest BCUT2D eigenvalue weighted by molar-refractivity contribution is 8.00. The fraction of sp³-hybridized carbons (Fsp3) is 0.211. The molecule has 0 radical (unpaired) electrons. The van der Waals surface area contributed by atoms with Gasteiger partial charge in [0.1, 0.15) is 11.6 Å². The Labute approximate surface area is 176 Å². The van der Waals surface area contributed by atoms with Crippen LogP contribution in [-0.2, 0) is 4.79 Å². The van der Waals surface area contributed by atoms with Gasteiger partial charge in [-0.25, -0.2) is 9.07 Å². The van der Waals surface area contributed by atoms with Crippen molar-refractivity contribution in [3.8, 4) is 17.1 Å². The maximum absolute atomic E-state index is 13.1. The summed E-state index contributed by atoms with van der Waals surface area (Å²) in [5.41, 5.74) is 1.10. The summed E-state index contributed by atoms with van der Waals surface area (Å²) in [4.78, 5) is 12.4. The molecule has 1 unspecified atom stereocenters. The lowest BCUT2D eigenvalue weighted by molar-refractivity contribution is -0.115. The maximum atomic E-state index is 13.1. The number of carbonyl (C=O) groups is 1. The molecule has 0 spiro atoms. The van der Waals surface area contributed by atoms with Crippen molar-refractivity contribution in [3.05, 3.63) is 53.3 Å². The van der Waals surface area contributed by atoms with Crippen molar-refractivity contribution in [1.82, 2.24) is 14.9 Å². The Hall–Kier alpha value is -2.78. The number of hydrogen-bond donors (Lipinski definition) is 2. The van der Waals surface area contributed by atoms with Crippen LogP contribution in [0.25, 0.3) is 11.4 Å². The summed E-state index contributed by atoms with van der Waals surface area (Å²) in [5.74, 6) is 6.53. The van der Waals surface area contributed by atoms with Crippen LogP contribution in [0, 0.1) is 5.82 Å². The van der Waals surface area contributed by atoms with E-state index in [1.54, 1.807) is 6.92 Å². The Balaban J connectivity index is 1.69. The van der Waals surface area contributed by atoms with E-state index in [1.165, 1.54) is 16.8 Å². The van der Waals surface area contributed by atoms with Crippen LogP contribution in [0.4, 0.5) is 10.1 Å². The van der Waals surface area contributed by atoms with Gasteiger partial charge in [-0.05, 0) is 56.3 Å². The molecule has 2 aromatic carbocycles. The molecular weight excluding hydrogens is 417 g/mol. The molecule has 1 heterocycles. The van der Waals surface area contributed by atoms with Crippen LogP contribution in [0.15, 0.2) is 47.6 Å². The molecule has 0 aliphatic rings. The third-order valence-electron chi connectivity index (χ3n) is 3.93. The second-order valence-corrected chi connectivity index (χ2v) is 7.72. The molecule has 0 aliphatic carbocycles. The van der Waals surface area contributed by atoms with Crippen LogP contribution in [0.1, 0.15) is 13.8 Å². The molecule has 29 heavy (non-hydrogen) atoms. The average molecular weight is 436 g/mol. The number of rotatable bonds is 7. The zero-order valence-electron chi connectivity index (χ0n) is 15.7. The first-order valence-electron chi connectivity index (χ1n) is 8.75. The molecule has 0 saturated carbocycles. The number of nitrogens with one attached hydrogen (secondary N) is 1. The quantitative estimate of drug-likeness (QED) is 0.430. The summed E-state index contributed by atoms with van der Waals surface area (Å²) in [6.07, 6.45) is 0. The molecule has 0 bridgehead atoms. The van der Waals surface area contributed by atoms with E-state index in [9.17, 15) is 9.18 Å². The van der Waals surface area contributed by atoms with Crippen molar-refractivity contribution in [2.45, 2.75) is 24.3 Å². The van der Waals surface area contributed by atoms with Crippen molar-refractivity contribution in [2.75, 3.05) is 17.8 Å². The van der Waals surface area contributed by atoms with Gasteiger partial charge in [-0.1, -0.05) is 23.4 Å². The molecule has 0 fully saturated rings. The second kappa shape index (κ2) is 9.15. The van der Waals surface area contributed by atoms with Crippen LogP contribution >= 0.6 is 23.4 Å². The molecule has 0 aliphatic heterocycles. The highest BCUT2D eigenvalue weighted by atomic mass is 35.5. The van der Waals surface area contributed by atoms with E-state index in [-0.39, 0.29) is 10.9 Å². The van der Waals surface area contributed by atoms with Gasteiger partial charge in [0.25, 0.3) is 0 Å². The predicted molar refractivity (Wildman–Crippen MR) is 112 cm³/mol. The number of nitrogen functional groups attached to an aromatic ring is 1. The lowest BCUT2D eigenvalue weighted by atomic mass is 10.2. The number of nitrogens with two attached hydrogens (primary N) is 1. The number of ether oxygens (including phenoxy) is 1. The Bertz CT molecular complexity index is 1010. The minimum Gasteiger partial charge on any atom is -0.494 e. The number of hydrogen-bond acceptors (Lipinski definition) is 6. The van der Waals surface area contributed by atoms with Crippen molar-refractivity contribution >= 4 is 35.0 Å². The van der Waals surface area contributed by atoms with Crippen LogP contribution in [-0.4, -0.2) is 32.6 Å². The molecule has 1 amide bonds. The minimum absolute atomic E-state index is 0.121. The van der Waals surface area contributed by atoms with Gasteiger partial charge in [0.15, 0.2) is 5.82 Å². The third-order valence-corrected chi connectivity index (χ3v) is 5.30. The first-order chi connectivity index (χ1) is 13.9. The topological polar surface area (TPSA) is 95.1 Å². The number of anilines is 1. The second-order valence-electron chi connectivity index (χ2n) is 6.01. The van der Waals surface area contributed by atoms with E-state index >= 15 is 0 Å². The van der Waals surface area contributed by atoms with Crippen molar-refractivity contribution in [3.63, 3.8) is 0 Å². The molecular formula is C19H19ClFN5O2S. The van der Waals surface area contributed by atoms with Crippen LogP contribution in [0.2, 0.25) is 5.02 Å². The molecule has 1 aromatic heterocycles. The van der Waals surface area contributed by atoms with Crippen LogP contribution in [0.3, 0.4) is 0 Å². The summed E-state index contributed by atoms with van der Waals surface area (Å²) < 4.78 is 19.9. The van der Waals surface area contributed by atoms with Gasteiger partial charge in [-0.2, -0.15) is 0 Å². The molecule has 152 valence electrons. The molecule has 3 rings (SSSR count). The van der Waals surface area contributed by atoms with Crippen LogP contribution < -0.4 is 15.9 Å². The van der Waals surface area contributed by atoms with Crippen molar-refractivity contribution in [1.29, 1.82) is 0 Å². The van der Waals surface area contributed by atoms with Gasteiger partial charge in [0.05, 0.1) is 22.6 Å². The summed E-state index contributed by atoms with van der Waals surface area (Å²) in [7, 11) is 0. The fourth-order valence-electron chi connectivity index (χ4n) is 2.46. The highest BCUT2D eigenvalue weighted by Crippen LogP contribution is 2.28. The first kappa shape index (κ1) is 20.9. The van der Waals surface area contributed by atoms with E-state index in [4.69, 9.17) is 22.2 Å². The van der Waals surface area contributed by atoms with E-state index in [1.807, 2.05) is 31.2 Å². The molecule has 3 aromatic rings. The van der Waals surface area contributed by atoms with Crippen LogP contribution in [0.5, 0.6) is 5.75 Å². The van der Waals surface area contributed by atoms with Gasteiger partial charge in [-0.3, -0.25) is 4.79 Å². The highest BCUT2D eigenvalue weighted by Gasteiger charge is 2.21. The molecule has 7 nitrogen and oxygen atoms in total. The average Bonchev–Trinajstić information content (AvgIpc) is 3.05. The summed E-state index contributed by atoms with van der Waals surface area (Å²) in [6.45, 7) is 4.19. The Morgan fingerprint density at radius 3 is 2.69 bits per heavy atom. The van der Waals surface area contributed by atoms with Gasteiger partial charge >= 0.3 is 0 Å². The predicted octanol–water partition coefficient (Wildman–Crippen LogP) is 3.97. The molecule has 3 N–H and O–H groups in total. The number of benzene rings is 2. The van der Waals surface area contributed by atoms with Crippen molar-refractivity contribution < 1.29 is 13.9 Å². The number of halogens is 2. The standard InChI is InChI=1S/C19H19ClFN5O2S/c1-3-28-14-7-4-12(5-8-14)17-24-25-19(26(17)22)29-11(2)18(27)23-16-9-6-13(21)10-15(16)20/h4-11H,3,22H2,1-2H3,(H,23,27). The number of amides is 1. The monoisotopic (exact) mass is 435 g/mol. The lowest BCUT2D eigenvalue weighted by Crippen LogP contribution is -2.23. The SMILES string of the molecule is CCOc1ccc(-c2nnc(SC(C)C(=O)Nc3ccc(F)cc3Cl)n2N)cc1. The van der Waals surface area contributed by atoms with E-state index in [0.29, 0.717) is 23.3 Å². The Kier molecular flexibility index (Phi) is 6.60. The minimum atomic E-state index is -0.546. The number of thioether (sulfide) groups is 1.